The van der Waals surface area contributed by atoms with Crippen molar-refractivity contribution in [1.29, 1.82) is 0 Å². The summed E-state index contributed by atoms with van der Waals surface area (Å²) >= 11 is 1.47. The molecule has 0 bridgehead atoms. The van der Waals surface area contributed by atoms with E-state index in [2.05, 4.69) is 49.5 Å². The van der Waals surface area contributed by atoms with Gasteiger partial charge < -0.3 is 10.2 Å². The van der Waals surface area contributed by atoms with E-state index in [-0.39, 0.29) is 0 Å². The molecule has 0 atom stereocenters. The van der Waals surface area contributed by atoms with Gasteiger partial charge in [0.1, 0.15) is 17.5 Å². The molecule has 0 amide bonds. The third-order valence-corrected chi connectivity index (χ3v) is 4.72. The van der Waals surface area contributed by atoms with Gasteiger partial charge in [-0.15, -0.1) is 0 Å². The molecule has 0 unspecified atom stereocenters. The number of nitrogens with zero attached hydrogens (tertiary/aromatic N) is 5. The lowest BCUT2D eigenvalue weighted by molar-refractivity contribution is 0.522. The highest BCUT2D eigenvalue weighted by atomic mass is 32.1. The van der Waals surface area contributed by atoms with Gasteiger partial charge in [-0.25, -0.2) is 15.0 Å². The Hall–Kier alpha value is -1.76. The molecule has 3 rings (SSSR count). The van der Waals surface area contributed by atoms with Gasteiger partial charge in [-0.05, 0) is 26.7 Å². The Kier molecular flexibility index (Phi) is 4.75. The van der Waals surface area contributed by atoms with Crippen molar-refractivity contribution in [3.8, 4) is 0 Å². The number of aryl methyl sites for hydroxylation is 2. The first-order chi connectivity index (χ1) is 11.0. The molecule has 0 aliphatic carbocycles. The van der Waals surface area contributed by atoms with Crippen LogP contribution in [0.3, 0.4) is 0 Å². The normalized spacial score (nSPS) is 16.1. The maximum absolute atomic E-state index is 4.57. The summed E-state index contributed by atoms with van der Waals surface area (Å²) in [6.45, 7) is 10.2. The number of hydrogen-bond acceptors (Lipinski definition) is 7. The van der Waals surface area contributed by atoms with E-state index in [1.165, 1.54) is 11.5 Å². The summed E-state index contributed by atoms with van der Waals surface area (Å²) in [5, 5.41) is 4.48. The molecule has 124 valence electrons. The fraction of sp³-hybridized carbons (Fsp3) is 0.625. The second-order valence-electron chi connectivity index (χ2n) is 6.43. The second kappa shape index (κ2) is 6.78. The van der Waals surface area contributed by atoms with Crippen molar-refractivity contribution in [3.05, 3.63) is 23.4 Å². The first kappa shape index (κ1) is 16.1. The first-order valence-electron chi connectivity index (χ1n) is 8.18. The summed E-state index contributed by atoms with van der Waals surface area (Å²) in [5.41, 5.74) is 1.03. The minimum absolute atomic E-state index is 0.382. The summed E-state index contributed by atoms with van der Waals surface area (Å²) in [4.78, 5) is 15.8. The van der Waals surface area contributed by atoms with Gasteiger partial charge in [-0.1, -0.05) is 13.8 Å². The molecule has 1 fully saturated rings. The SMILES string of the molecule is Cc1cc(N2CCC(Nc3nc(C(C)C)ns3)CC2)nc(C)n1. The molecule has 7 heteroatoms. The van der Waals surface area contributed by atoms with E-state index in [1.807, 2.05) is 13.8 Å². The van der Waals surface area contributed by atoms with Crippen LogP contribution in [0, 0.1) is 13.8 Å². The van der Waals surface area contributed by atoms with Gasteiger partial charge in [0.25, 0.3) is 0 Å². The Morgan fingerprint density at radius 1 is 1.17 bits per heavy atom. The summed E-state index contributed by atoms with van der Waals surface area (Å²) in [7, 11) is 0. The summed E-state index contributed by atoms with van der Waals surface area (Å²) in [5.74, 6) is 3.21. The van der Waals surface area contributed by atoms with Gasteiger partial charge in [0.15, 0.2) is 0 Å². The van der Waals surface area contributed by atoms with E-state index in [0.717, 1.165) is 54.2 Å². The minimum Gasteiger partial charge on any atom is -0.357 e. The molecule has 0 spiro atoms. The molecule has 1 aliphatic rings. The van der Waals surface area contributed by atoms with Crippen LogP contribution in [0.2, 0.25) is 0 Å². The van der Waals surface area contributed by atoms with Crippen molar-refractivity contribution in [1.82, 2.24) is 19.3 Å². The number of anilines is 2. The molecule has 2 aromatic heterocycles. The predicted molar refractivity (Wildman–Crippen MR) is 94.4 cm³/mol. The molecular formula is C16H24N6S. The monoisotopic (exact) mass is 332 g/mol. The van der Waals surface area contributed by atoms with E-state index in [4.69, 9.17) is 0 Å². The van der Waals surface area contributed by atoms with E-state index in [9.17, 15) is 0 Å². The molecule has 0 aromatic carbocycles. The fourth-order valence-electron chi connectivity index (χ4n) is 2.81. The number of hydrogen-bond donors (Lipinski definition) is 1. The quantitative estimate of drug-likeness (QED) is 0.928. The summed E-state index contributed by atoms with van der Waals surface area (Å²) < 4.78 is 4.40. The average molecular weight is 332 g/mol. The minimum atomic E-state index is 0.382. The van der Waals surface area contributed by atoms with Gasteiger partial charge in [0.2, 0.25) is 5.13 Å². The van der Waals surface area contributed by atoms with E-state index in [0.29, 0.717) is 12.0 Å². The Bertz CT molecular complexity index is 640. The third-order valence-electron chi connectivity index (χ3n) is 4.06. The zero-order valence-corrected chi connectivity index (χ0v) is 15.0. The van der Waals surface area contributed by atoms with Crippen LogP contribution in [0.5, 0.6) is 0 Å². The summed E-state index contributed by atoms with van der Waals surface area (Å²) in [6, 6.07) is 2.53. The second-order valence-corrected chi connectivity index (χ2v) is 7.18. The molecule has 6 nitrogen and oxygen atoms in total. The molecule has 23 heavy (non-hydrogen) atoms. The molecule has 1 saturated heterocycles. The van der Waals surface area contributed by atoms with Crippen molar-refractivity contribution in [2.45, 2.75) is 52.5 Å². The summed E-state index contributed by atoms with van der Waals surface area (Å²) in [6.07, 6.45) is 2.16. The average Bonchev–Trinajstić information content (AvgIpc) is 2.96. The van der Waals surface area contributed by atoms with Crippen LogP contribution in [0.15, 0.2) is 6.07 Å². The highest BCUT2D eigenvalue weighted by Gasteiger charge is 2.21. The Morgan fingerprint density at radius 2 is 1.91 bits per heavy atom. The standard InChI is InChI=1S/C16H24N6S/c1-10(2)15-20-16(23-21-15)19-13-5-7-22(8-6-13)14-9-11(3)17-12(4)18-14/h9-10,13H,5-8H2,1-4H3,(H,19,20,21). The lowest BCUT2D eigenvalue weighted by Crippen LogP contribution is -2.39. The number of aromatic nitrogens is 4. The molecule has 3 heterocycles. The van der Waals surface area contributed by atoms with Crippen molar-refractivity contribution in [2.24, 2.45) is 0 Å². The van der Waals surface area contributed by atoms with Crippen molar-refractivity contribution in [3.63, 3.8) is 0 Å². The van der Waals surface area contributed by atoms with Crippen LogP contribution in [0.25, 0.3) is 0 Å². The number of piperidine rings is 1. The number of nitrogens with one attached hydrogen (secondary N) is 1. The first-order valence-corrected chi connectivity index (χ1v) is 8.96. The van der Waals surface area contributed by atoms with Crippen LogP contribution in [0.4, 0.5) is 10.9 Å². The molecule has 0 saturated carbocycles. The van der Waals surface area contributed by atoms with Gasteiger partial charge in [-0.2, -0.15) is 4.37 Å². The van der Waals surface area contributed by atoms with Crippen LogP contribution >= 0.6 is 11.5 Å². The Morgan fingerprint density at radius 3 is 2.52 bits per heavy atom. The smallest absolute Gasteiger partial charge is 0.202 e. The predicted octanol–water partition coefficient (Wildman–Crippen LogP) is 3.15. The van der Waals surface area contributed by atoms with Crippen LogP contribution in [0.1, 0.15) is 49.9 Å². The maximum atomic E-state index is 4.57. The topological polar surface area (TPSA) is 66.8 Å². The van der Waals surface area contributed by atoms with Crippen molar-refractivity contribution >= 4 is 22.5 Å². The van der Waals surface area contributed by atoms with Crippen LogP contribution in [-0.4, -0.2) is 38.5 Å². The molecule has 1 N–H and O–H groups in total. The molecule has 1 aliphatic heterocycles. The lowest BCUT2D eigenvalue weighted by atomic mass is 10.1. The zero-order chi connectivity index (χ0) is 16.4. The van der Waals surface area contributed by atoms with Gasteiger partial charge in [0.05, 0.1) is 0 Å². The largest absolute Gasteiger partial charge is 0.357 e. The van der Waals surface area contributed by atoms with E-state index in [1.54, 1.807) is 0 Å². The van der Waals surface area contributed by atoms with E-state index >= 15 is 0 Å². The Labute approximate surface area is 141 Å². The van der Waals surface area contributed by atoms with Gasteiger partial charge >= 0.3 is 0 Å². The third kappa shape index (κ3) is 3.96. The van der Waals surface area contributed by atoms with Gasteiger partial charge in [-0.3, -0.25) is 0 Å². The van der Waals surface area contributed by atoms with Crippen molar-refractivity contribution < 1.29 is 0 Å². The molecule has 0 radical (unpaired) electrons. The number of rotatable bonds is 4. The van der Waals surface area contributed by atoms with Crippen LogP contribution in [-0.2, 0) is 0 Å². The van der Waals surface area contributed by atoms with Crippen molar-refractivity contribution in [2.75, 3.05) is 23.3 Å². The molecule has 2 aromatic rings. The zero-order valence-electron chi connectivity index (χ0n) is 14.2. The van der Waals surface area contributed by atoms with Gasteiger partial charge in [0, 0.05) is 48.3 Å². The molecular weight excluding hydrogens is 308 g/mol. The lowest BCUT2D eigenvalue weighted by Gasteiger charge is -2.33. The highest BCUT2D eigenvalue weighted by Crippen LogP contribution is 2.23. The van der Waals surface area contributed by atoms with E-state index < -0.39 is 0 Å². The fourth-order valence-corrected chi connectivity index (χ4v) is 3.60. The Balaban J connectivity index is 1.57. The van der Waals surface area contributed by atoms with Crippen LogP contribution < -0.4 is 10.2 Å². The maximum Gasteiger partial charge on any atom is 0.202 e. The highest BCUT2D eigenvalue weighted by molar-refractivity contribution is 7.09.